The minimum absolute atomic E-state index is 0.122. The maximum atomic E-state index is 14.1. The first kappa shape index (κ1) is 60.7. The van der Waals surface area contributed by atoms with Crippen LogP contribution in [-0.2, 0) is 19.1 Å². The third-order valence-electron chi connectivity index (χ3n) is 13.3. The molecule has 0 aliphatic heterocycles. The van der Waals surface area contributed by atoms with Crippen molar-refractivity contribution in [2.24, 2.45) is 0 Å². The zero-order valence-electron chi connectivity index (χ0n) is 48.0. The van der Waals surface area contributed by atoms with Gasteiger partial charge in [0, 0.05) is 22.3 Å². The van der Waals surface area contributed by atoms with E-state index < -0.39 is 47.8 Å². The quantitative estimate of drug-likeness (QED) is 0.0282. The number of carbonyl (C=O) groups excluding carboxylic acids is 8. The summed E-state index contributed by atoms with van der Waals surface area (Å²) >= 11 is 0. The molecule has 18 nitrogen and oxygen atoms in total. The monoisotopic (exact) mass is 1200 g/mol. The first-order valence-corrected chi connectivity index (χ1v) is 27.4. The predicted octanol–water partition coefficient (Wildman–Crippen LogP) is 13.9. The maximum Gasteiger partial charge on any atom is 0.343 e. The molecule has 0 atom stereocenters. The van der Waals surface area contributed by atoms with Gasteiger partial charge in [-0.05, 0) is 193 Å². The van der Waals surface area contributed by atoms with Gasteiger partial charge in [-0.15, -0.1) is 0 Å². The third kappa shape index (κ3) is 15.0. The number of esters is 8. The summed E-state index contributed by atoms with van der Waals surface area (Å²) in [5, 5.41) is 2.96. The minimum atomic E-state index is -0.743. The molecular weight excluding hydrogens is 1150 g/mol. The molecule has 0 amide bonds. The first-order chi connectivity index (χ1) is 43.5. The lowest BCUT2D eigenvalue weighted by Crippen LogP contribution is -2.12. The van der Waals surface area contributed by atoms with Gasteiger partial charge in [-0.2, -0.15) is 0 Å². The maximum absolute atomic E-state index is 14.1. The van der Waals surface area contributed by atoms with Crippen LogP contribution >= 0.6 is 0 Å². The Labute approximate surface area is 513 Å². The van der Waals surface area contributed by atoms with Crippen molar-refractivity contribution in [2.75, 3.05) is 13.6 Å². The van der Waals surface area contributed by atoms with E-state index in [0.717, 1.165) is 10.8 Å². The van der Waals surface area contributed by atoms with Gasteiger partial charge in [-0.3, -0.25) is 0 Å². The summed E-state index contributed by atoms with van der Waals surface area (Å²) in [6.45, 7) is 9.36. The van der Waals surface area contributed by atoms with Crippen molar-refractivity contribution in [3.63, 3.8) is 0 Å². The molecular formula is C72H50O18. The SMILES string of the molecule is C=C(C)C(=O)OCOc1ccc(C(=O)Oc2ccc(C(=O)Oc3ccc(C(=O)Oc4ccc5ccccc5c4-c4c(OC(=O)c5ccc(OC(=O)c6ccc(OC(=O)c7ccc(OCOC(=O)C(=C)C)cc7)cc6)cc5)ccc5ccccc45)cc3)cc2)cc1. The Morgan fingerprint density at radius 1 is 0.289 bits per heavy atom. The fraction of sp³-hybridized carbons (Fsp3) is 0.0556. The van der Waals surface area contributed by atoms with E-state index in [1.807, 2.05) is 48.5 Å². The van der Waals surface area contributed by atoms with Crippen molar-refractivity contribution in [3.05, 3.63) is 276 Å². The van der Waals surface area contributed by atoms with Gasteiger partial charge in [0.2, 0.25) is 13.6 Å². The van der Waals surface area contributed by atoms with Crippen LogP contribution in [0.2, 0.25) is 0 Å². The predicted molar refractivity (Wildman–Crippen MR) is 328 cm³/mol. The lowest BCUT2D eigenvalue weighted by atomic mass is 9.92. The second-order valence-electron chi connectivity index (χ2n) is 19.8. The first-order valence-electron chi connectivity index (χ1n) is 27.4. The Morgan fingerprint density at radius 2 is 0.533 bits per heavy atom. The van der Waals surface area contributed by atoms with Gasteiger partial charge in [0.25, 0.3) is 0 Å². The molecule has 0 aliphatic rings. The Morgan fingerprint density at radius 3 is 0.800 bits per heavy atom. The smallest absolute Gasteiger partial charge is 0.343 e. The summed E-state index contributed by atoms with van der Waals surface area (Å²) in [5.74, 6) is -3.89. The van der Waals surface area contributed by atoms with Gasteiger partial charge >= 0.3 is 47.8 Å². The summed E-state index contributed by atoms with van der Waals surface area (Å²) in [7, 11) is 0. The molecule has 0 aromatic heterocycles. The van der Waals surface area contributed by atoms with E-state index in [1.54, 1.807) is 24.3 Å². The molecule has 0 saturated carbocycles. The number of carbonyl (C=O) groups is 8. The molecule has 0 saturated heterocycles. The molecule has 18 heteroatoms. The number of benzene rings is 10. The molecule has 10 aromatic rings. The molecule has 0 aliphatic carbocycles. The van der Waals surface area contributed by atoms with Crippen LogP contribution in [0.15, 0.2) is 243 Å². The summed E-state index contributed by atoms with van der Waals surface area (Å²) < 4.78 is 55.1. The van der Waals surface area contributed by atoms with Gasteiger partial charge in [-0.25, -0.2) is 38.4 Å². The van der Waals surface area contributed by atoms with Crippen LogP contribution in [-0.4, -0.2) is 61.3 Å². The van der Waals surface area contributed by atoms with Crippen LogP contribution in [0, 0.1) is 0 Å². The van der Waals surface area contributed by atoms with Crippen molar-refractivity contribution in [1.29, 1.82) is 0 Å². The van der Waals surface area contributed by atoms with Crippen LogP contribution in [0.3, 0.4) is 0 Å². The Kier molecular flexibility index (Phi) is 18.7. The molecule has 0 bridgehead atoms. The van der Waals surface area contributed by atoms with Gasteiger partial charge in [0.1, 0.15) is 46.0 Å². The van der Waals surface area contributed by atoms with Crippen molar-refractivity contribution < 1.29 is 85.7 Å². The largest absolute Gasteiger partial charge is 0.457 e. The zero-order valence-corrected chi connectivity index (χ0v) is 48.0. The number of hydrogen-bond donors (Lipinski definition) is 0. The van der Waals surface area contributed by atoms with Gasteiger partial charge in [0.15, 0.2) is 0 Å². The average molecular weight is 1200 g/mol. The standard InChI is InChI=1S/C72H50O18/c1-43(2)65(73)83-41-81-53-27-13-47(14-28-53)67(75)85-55-31-17-49(18-32-55)69(77)87-57-35-21-51(22-36-57)71(79)89-61-39-25-45-9-5-7-11-59(45)63(61)64-60-12-8-6-10-46(60)26-40-62(64)90-72(80)52-23-37-58(38-24-52)88-70(78)50-19-33-56(34-20-50)86-68(76)48-15-29-54(30-16-48)82-42-84-66(74)44(3)4/h5-40H,1,3,41-42H2,2,4H3. The summed E-state index contributed by atoms with van der Waals surface area (Å²) in [5.41, 5.74) is 2.34. The molecule has 446 valence electrons. The number of rotatable bonds is 21. The number of ether oxygens (including phenoxy) is 10. The lowest BCUT2D eigenvalue weighted by Gasteiger charge is -2.19. The molecule has 0 fully saturated rings. The van der Waals surface area contributed by atoms with E-state index in [9.17, 15) is 38.4 Å². The highest BCUT2D eigenvalue weighted by Crippen LogP contribution is 2.46. The fourth-order valence-corrected chi connectivity index (χ4v) is 8.73. The fourth-order valence-electron chi connectivity index (χ4n) is 8.73. The lowest BCUT2D eigenvalue weighted by molar-refractivity contribution is -0.146. The normalized spacial score (nSPS) is 10.6. The molecule has 0 radical (unpaired) electrons. The second kappa shape index (κ2) is 27.7. The minimum Gasteiger partial charge on any atom is -0.457 e. The van der Waals surface area contributed by atoms with Crippen molar-refractivity contribution >= 4 is 69.3 Å². The molecule has 0 spiro atoms. The molecule has 10 rings (SSSR count). The van der Waals surface area contributed by atoms with E-state index in [4.69, 9.17) is 47.4 Å². The third-order valence-corrected chi connectivity index (χ3v) is 13.3. The van der Waals surface area contributed by atoms with Crippen LogP contribution in [0.4, 0.5) is 0 Å². The Hall–Kier alpha value is -12.4. The Balaban J connectivity index is 0.771. The van der Waals surface area contributed by atoms with E-state index in [1.165, 1.54) is 159 Å². The van der Waals surface area contributed by atoms with Crippen molar-refractivity contribution in [2.45, 2.75) is 13.8 Å². The second-order valence-corrected chi connectivity index (χ2v) is 19.8. The highest BCUT2D eigenvalue weighted by molar-refractivity contribution is 6.11. The van der Waals surface area contributed by atoms with Crippen LogP contribution < -0.4 is 37.9 Å². The van der Waals surface area contributed by atoms with Crippen LogP contribution in [0.1, 0.15) is 76.0 Å². The molecule has 0 unspecified atom stereocenters. The van der Waals surface area contributed by atoms with Crippen molar-refractivity contribution in [3.8, 4) is 57.1 Å². The van der Waals surface area contributed by atoms with Crippen LogP contribution in [0.25, 0.3) is 32.7 Å². The van der Waals surface area contributed by atoms with Gasteiger partial charge in [0.05, 0.1) is 33.4 Å². The van der Waals surface area contributed by atoms with Gasteiger partial charge < -0.3 is 47.4 Å². The van der Waals surface area contributed by atoms with Gasteiger partial charge in [-0.1, -0.05) is 73.8 Å². The molecule has 0 N–H and O–H groups in total. The van der Waals surface area contributed by atoms with E-state index in [2.05, 4.69) is 13.2 Å². The number of fused-ring (bicyclic) bond motifs is 2. The molecule has 90 heavy (non-hydrogen) atoms. The topological polar surface area (TPSA) is 229 Å². The van der Waals surface area contributed by atoms with E-state index >= 15 is 0 Å². The Bertz CT molecular complexity index is 4130. The summed E-state index contributed by atoms with van der Waals surface area (Å²) in [6, 6.07) is 56.8. The highest BCUT2D eigenvalue weighted by atomic mass is 16.7. The summed E-state index contributed by atoms with van der Waals surface area (Å²) in [6.07, 6.45) is 0. The molecule has 10 aromatic carbocycles. The zero-order chi connectivity index (χ0) is 63.3. The van der Waals surface area contributed by atoms with E-state index in [-0.39, 0.29) is 92.6 Å². The van der Waals surface area contributed by atoms with Crippen LogP contribution in [0.5, 0.6) is 46.0 Å². The van der Waals surface area contributed by atoms with E-state index in [0.29, 0.717) is 33.4 Å². The summed E-state index contributed by atoms with van der Waals surface area (Å²) in [4.78, 5) is 103. The van der Waals surface area contributed by atoms with Crippen molar-refractivity contribution in [1.82, 2.24) is 0 Å². The molecule has 0 heterocycles. The number of hydrogen-bond acceptors (Lipinski definition) is 18. The average Bonchev–Trinajstić information content (AvgIpc) is 0.924. The highest BCUT2D eigenvalue weighted by Gasteiger charge is 2.24.